The molecule has 144 valence electrons. The maximum absolute atomic E-state index is 10.6. The summed E-state index contributed by atoms with van der Waals surface area (Å²) in [5, 5.41) is 8.75. The fourth-order valence-corrected chi connectivity index (χ4v) is 3.45. The maximum Gasteiger partial charge on any atom is 0.303 e. The highest BCUT2D eigenvalue weighted by Crippen LogP contribution is 2.23. The molecular weight excluding hydrogens is 312 g/mol. The second-order valence-electron chi connectivity index (χ2n) is 7.27. The molecule has 0 aromatic carbocycles. The van der Waals surface area contributed by atoms with Gasteiger partial charge in [0.2, 0.25) is 0 Å². The van der Waals surface area contributed by atoms with Gasteiger partial charge in [-0.15, -0.1) is 0 Å². The Morgan fingerprint density at radius 2 is 1.48 bits per heavy atom. The molecule has 0 aliphatic rings. The van der Waals surface area contributed by atoms with E-state index in [2.05, 4.69) is 16.5 Å². The fraction of sp³-hybridized carbons (Fsp3) is 0.810. The van der Waals surface area contributed by atoms with Crippen molar-refractivity contribution in [3.8, 4) is 0 Å². The van der Waals surface area contributed by atoms with Crippen LogP contribution in [0.25, 0.3) is 0 Å². The van der Waals surface area contributed by atoms with Crippen molar-refractivity contribution < 1.29 is 9.90 Å². The van der Waals surface area contributed by atoms with E-state index in [0.29, 0.717) is 6.04 Å². The standard InChI is InChI=1S/C21H38N2O2/c1-2-3-4-5-6-7-8-9-10-11-14-20(23-18-17-22-19-23)15-12-13-16-21(24)25/h17-20H,2-16H2,1H3,(H,24,25). The van der Waals surface area contributed by atoms with Crippen molar-refractivity contribution in [2.24, 2.45) is 0 Å². The number of nitrogens with zero attached hydrogens (tertiary/aromatic N) is 2. The van der Waals surface area contributed by atoms with E-state index in [4.69, 9.17) is 5.11 Å². The molecule has 1 N–H and O–H groups in total. The number of hydrogen-bond acceptors (Lipinski definition) is 2. The van der Waals surface area contributed by atoms with Gasteiger partial charge in [0.25, 0.3) is 0 Å². The quantitative estimate of drug-likeness (QED) is 0.332. The van der Waals surface area contributed by atoms with E-state index in [9.17, 15) is 4.79 Å². The lowest BCUT2D eigenvalue weighted by atomic mass is 10.0. The Kier molecular flexibility index (Phi) is 13.0. The zero-order chi connectivity index (χ0) is 18.2. The third-order valence-electron chi connectivity index (χ3n) is 5.02. The lowest BCUT2D eigenvalue weighted by Gasteiger charge is -2.18. The Balaban J connectivity index is 2.09. The molecule has 1 aromatic heterocycles. The van der Waals surface area contributed by atoms with E-state index in [1.54, 1.807) is 0 Å². The Morgan fingerprint density at radius 1 is 0.920 bits per heavy atom. The smallest absolute Gasteiger partial charge is 0.303 e. The molecule has 4 heteroatoms. The first-order valence-corrected chi connectivity index (χ1v) is 10.4. The van der Waals surface area contributed by atoms with E-state index in [1.807, 2.05) is 18.7 Å². The normalized spacial score (nSPS) is 12.4. The Labute approximate surface area is 154 Å². The Hall–Kier alpha value is -1.32. The maximum atomic E-state index is 10.6. The highest BCUT2D eigenvalue weighted by Gasteiger charge is 2.10. The zero-order valence-electron chi connectivity index (χ0n) is 16.2. The zero-order valence-corrected chi connectivity index (χ0v) is 16.2. The summed E-state index contributed by atoms with van der Waals surface area (Å²) in [6, 6.07) is 0.477. The lowest BCUT2D eigenvalue weighted by Crippen LogP contribution is -2.08. The molecule has 0 spiro atoms. The molecule has 4 nitrogen and oxygen atoms in total. The minimum atomic E-state index is -0.686. The van der Waals surface area contributed by atoms with Crippen molar-refractivity contribution in [3.63, 3.8) is 0 Å². The van der Waals surface area contributed by atoms with Gasteiger partial charge in [-0.25, -0.2) is 4.98 Å². The SMILES string of the molecule is CCCCCCCCCCCCC(CCCCC(=O)O)n1ccnc1. The van der Waals surface area contributed by atoms with Gasteiger partial charge >= 0.3 is 5.97 Å². The summed E-state index contributed by atoms with van der Waals surface area (Å²) in [6.07, 6.45) is 23.7. The summed E-state index contributed by atoms with van der Waals surface area (Å²) in [6.45, 7) is 2.27. The van der Waals surface area contributed by atoms with Crippen LogP contribution in [0, 0.1) is 0 Å². The minimum Gasteiger partial charge on any atom is -0.481 e. The molecule has 0 amide bonds. The molecule has 0 radical (unpaired) electrons. The summed E-state index contributed by atoms with van der Waals surface area (Å²) >= 11 is 0. The number of carbonyl (C=O) groups is 1. The third-order valence-corrected chi connectivity index (χ3v) is 5.02. The lowest BCUT2D eigenvalue weighted by molar-refractivity contribution is -0.137. The minimum absolute atomic E-state index is 0.287. The van der Waals surface area contributed by atoms with Crippen LogP contribution < -0.4 is 0 Å². The van der Waals surface area contributed by atoms with E-state index in [1.165, 1.54) is 70.6 Å². The van der Waals surface area contributed by atoms with Crippen molar-refractivity contribution in [2.75, 3.05) is 0 Å². The largest absolute Gasteiger partial charge is 0.481 e. The number of imidazole rings is 1. The van der Waals surface area contributed by atoms with Gasteiger partial charge in [0.15, 0.2) is 0 Å². The van der Waals surface area contributed by atoms with Crippen LogP contribution in [0.2, 0.25) is 0 Å². The molecule has 1 heterocycles. The molecule has 1 aromatic rings. The summed E-state index contributed by atoms with van der Waals surface area (Å²) in [5.74, 6) is -0.686. The topological polar surface area (TPSA) is 55.1 Å². The third kappa shape index (κ3) is 11.8. The summed E-state index contributed by atoms with van der Waals surface area (Å²) in [4.78, 5) is 14.8. The number of aliphatic carboxylic acids is 1. The first-order valence-electron chi connectivity index (χ1n) is 10.4. The number of aromatic nitrogens is 2. The van der Waals surface area contributed by atoms with E-state index >= 15 is 0 Å². The monoisotopic (exact) mass is 350 g/mol. The number of hydrogen-bond donors (Lipinski definition) is 1. The van der Waals surface area contributed by atoms with Gasteiger partial charge in [-0.3, -0.25) is 4.79 Å². The van der Waals surface area contributed by atoms with Crippen molar-refractivity contribution in [1.82, 2.24) is 9.55 Å². The van der Waals surface area contributed by atoms with Crippen LogP contribution in [0.1, 0.15) is 109 Å². The second kappa shape index (κ2) is 15.0. The van der Waals surface area contributed by atoms with Gasteiger partial charge in [-0.2, -0.15) is 0 Å². The molecule has 0 aliphatic carbocycles. The van der Waals surface area contributed by atoms with Crippen LogP contribution in [0.5, 0.6) is 0 Å². The van der Waals surface area contributed by atoms with Gasteiger partial charge in [0.05, 0.1) is 6.33 Å². The highest BCUT2D eigenvalue weighted by molar-refractivity contribution is 5.66. The highest BCUT2D eigenvalue weighted by atomic mass is 16.4. The molecule has 0 fully saturated rings. The van der Waals surface area contributed by atoms with Crippen LogP contribution in [0.4, 0.5) is 0 Å². The van der Waals surface area contributed by atoms with Crippen molar-refractivity contribution in [2.45, 2.75) is 109 Å². The van der Waals surface area contributed by atoms with Crippen LogP contribution in [0.3, 0.4) is 0 Å². The molecule has 0 saturated carbocycles. The van der Waals surface area contributed by atoms with Crippen LogP contribution in [-0.4, -0.2) is 20.6 Å². The Morgan fingerprint density at radius 3 is 2.00 bits per heavy atom. The van der Waals surface area contributed by atoms with Gasteiger partial charge in [0.1, 0.15) is 0 Å². The van der Waals surface area contributed by atoms with Gasteiger partial charge < -0.3 is 9.67 Å². The van der Waals surface area contributed by atoms with Crippen LogP contribution in [-0.2, 0) is 4.79 Å². The van der Waals surface area contributed by atoms with Crippen LogP contribution in [0.15, 0.2) is 18.7 Å². The molecule has 1 rings (SSSR count). The number of carboxylic acids is 1. The first-order chi connectivity index (χ1) is 12.2. The Bertz CT molecular complexity index is 418. The van der Waals surface area contributed by atoms with Gasteiger partial charge in [-0.1, -0.05) is 77.6 Å². The number of unbranched alkanes of at least 4 members (excludes halogenated alkanes) is 10. The summed E-state index contributed by atoms with van der Waals surface area (Å²) < 4.78 is 2.20. The fourth-order valence-electron chi connectivity index (χ4n) is 3.45. The molecule has 25 heavy (non-hydrogen) atoms. The van der Waals surface area contributed by atoms with Crippen molar-refractivity contribution in [3.05, 3.63) is 18.7 Å². The van der Waals surface area contributed by atoms with Crippen molar-refractivity contribution >= 4 is 5.97 Å². The number of carboxylic acid groups (broad SMARTS) is 1. The summed E-state index contributed by atoms with van der Waals surface area (Å²) in [5.41, 5.74) is 0. The predicted molar refractivity (Wildman–Crippen MR) is 104 cm³/mol. The average molecular weight is 351 g/mol. The van der Waals surface area contributed by atoms with Gasteiger partial charge in [0, 0.05) is 24.9 Å². The molecular formula is C21H38N2O2. The molecule has 1 unspecified atom stereocenters. The second-order valence-corrected chi connectivity index (χ2v) is 7.27. The first kappa shape index (κ1) is 21.7. The van der Waals surface area contributed by atoms with E-state index in [-0.39, 0.29) is 6.42 Å². The molecule has 0 aliphatic heterocycles. The van der Waals surface area contributed by atoms with E-state index in [0.717, 1.165) is 19.3 Å². The van der Waals surface area contributed by atoms with Gasteiger partial charge in [-0.05, 0) is 19.3 Å². The number of rotatable bonds is 17. The molecule has 1 atom stereocenters. The molecule has 0 saturated heterocycles. The van der Waals surface area contributed by atoms with E-state index < -0.39 is 5.97 Å². The predicted octanol–water partition coefficient (Wildman–Crippen LogP) is 6.38. The van der Waals surface area contributed by atoms with Crippen molar-refractivity contribution in [1.29, 1.82) is 0 Å². The molecule has 0 bridgehead atoms. The van der Waals surface area contributed by atoms with Crippen LogP contribution >= 0.6 is 0 Å². The average Bonchev–Trinajstić information content (AvgIpc) is 3.12. The summed E-state index contributed by atoms with van der Waals surface area (Å²) in [7, 11) is 0.